The molecule has 0 radical (unpaired) electrons. The van der Waals surface area contributed by atoms with Gasteiger partial charge in [0.15, 0.2) is 5.82 Å². The van der Waals surface area contributed by atoms with Crippen molar-refractivity contribution >= 4 is 17.9 Å². The Morgan fingerprint density at radius 2 is 1.54 bits per heavy atom. The first-order chi connectivity index (χ1) is 13.5. The van der Waals surface area contributed by atoms with Crippen molar-refractivity contribution < 1.29 is 9.53 Å². The minimum absolute atomic E-state index is 0.224. The molecule has 2 atom stereocenters. The fourth-order valence-corrected chi connectivity index (χ4v) is 3.23. The largest absolute Gasteiger partial charge is 0.464 e. The van der Waals surface area contributed by atoms with Gasteiger partial charge in [0.05, 0.1) is 7.11 Å². The first-order valence-electron chi connectivity index (χ1n) is 9.88. The molecule has 0 unspecified atom stereocenters. The number of rotatable bonds is 8. The van der Waals surface area contributed by atoms with E-state index in [1.807, 2.05) is 0 Å². The number of methoxy groups -OCH3 is 1. The number of nitrogens with zero attached hydrogens (tertiary/aromatic N) is 4. The predicted octanol–water partition coefficient (Wildman–Crippen LogP) is 3.14. The van der Waals surface area contributed by atoms with Gasteiger partial charge in [0.25, 0.3) is 0 Å². The third-order valence-corrected chi connectivity index (χ3v) is 5.38. The Balaban J connectivity index is 1.65. The maximum atomic E-state index is 11.8. The highest BCUT2D eigenvalue weighted by atomic mass is 16.5. The molecule has 0 bridgehead atoms. The van der Waals surface area contributed by atoms with Crippen LogP contribution in [0.2, 0.25) is 0 Å². The number of ether oxygens (including phenoxy) is 1. The lowest BCUT2D eigenvalue weighted by Crippen LogP contribution is -2.23. The van der Waals surface area contributed by atoms with Gasteiger partial charge in [-0.25, -0.2) is 9.78 Å². The third kappa shape index (κ3) is 4.37. The van der Waals surface area contributed by atoms with Crippen LogP contribution in [-0.4, -0.2) is 45.1 Å². The van der Waals surface area contributed by atoms with Crippen LogP contribution >= 0.6 is 0 Å². The highest BCUT2D eigenvalue weighted by Crippen LogP contribution is 2.35. The summed E-state index contributed by atoms with van der Waals surface area (Å²) in [7, 11) is 1.34. The van der Waals surface area contributed by atoms with Crippen molar-refractivity contribution in [3.05, 3.63) is 23.9 Å². The second kappa shape index (κ2) is 7.69. The Hall–Kier alpha value is -2.77. The number of hydrogen-bond donors (Lipinski definition) is 2. The van der Waals surface area contributed by atoms with Crippen LogP contribution < -0.4 is 10.6 Å². The van der Waals surface area contributed by atoms with Gasteiger partial charge in [-0.3, -0.25) is 0 Å². The average molecular weight is 382 g/mol. The van der Waals surface area contributed by atoms with Crippen molar-refractivity contribution in [2.24, 2.45) is 11.8 Å². The lowest BCUT2D eigenvalue weighted by Gasteiger charge is -2.17. The van der Waals surface area contributed by atoms with Crippen LogP contribution in [0.25, 0.3) is 11.5 Å². The molecule has 8 nitrogen and oxygen atoms in total. The molecule has 2 aromatic heterocycles. The third-order valence-electron chi connectivity index (χ3n) is 5.38. The molecule has 0 saturated heterocycles. The van der Waals surface area contributed by atoms with E-state index in [-0.39, 0.29) is 5.69 Å². The molecular formula is C20H26N6O2. The fourth-order valence-electron chi connectivity index (χ4n) is 3.23. The maximum Gasteiger partial charge on any atom is 0.356 e. The Bertz CT molecular complexity index is 827. The quantitative estimate of drug-likeness (QED) is 0.672. The second-order valence-corrected chi connectivity index (χ2v) is 7.75. The van der Waals surface area contributed by atoms with Crippen molar-refractivity contribution in [3.8, 4) is 11.5 Å². The molecule has 2 fully saturated rings. The Morgan fingerprint density at radius 3 is 2.04 bits per heavy atom. The van der Waals surface area contributed by atoms with Gasteiger partial charge in [-0.05, 0) is 63.5 Å². The van der Waals surface area contributed by atoms with Crippen molar-refractivity contribution in [1.29, 1.82) is 0 Å². The van der Waals surface area contributed by atoms with E-state index in [9.17, 15) is 4.79 Å². The fraction of sp³-hybridized carbons (Fsp3) is 0.550. The highest BCUT2D eigenvalue weighted by molar-refractivity contribution is 5.87. The topological polar surface area (TPSA) is 102 Å². The summed E-state index contributed by atoms with van der Waals surface area (Å²) in [5.74, 6) is 2.33. The predicted molar refractivity (Wildman–Crippen MR) is 106 cm³/mol. The van der Waals surface area contributed by atoms with Crippen molar-refractivity contribution in [3.63, 3.8) is 0 Å². The first-order valence-corrected chi connectivity index (χ1v) is 9.88. The molecule has 0 aliphatic heterocycles. The summed E-state index contributed by atoms with van der Waals surface area (Å²) in [6, 6.07) is 5.75. The summed E-state index contributed by atoms with van der Waals surface area (Å²) in [5, 5.41) is 6.80. The standard InChI is InChI=1S/C20H26N6O2/c1-11(13-7-8-13)21-19-24-17(15-5-4-6-16(23-15)18(27)28-3)25-20(26-19)22-12(2)14-9-10-14/h4-6,11-14H,7-10H2,1-3H3,(H2,21,22,24,25,26)/t11-,12-/m1/s1. The average Bonchev–Trinajstić information content (AvgIpc) is 3.59. The van der Waals surface area contributed by atoms with E-state index in [2.05, 4.69) is 44.4 Å². The molecule has 2 saturated carbocycles. The maximum absolute atomic E-state index is 11.8. The summed E-state index contributed by atoms with van der Waals surface area (Å²) in [6.07, 6.45) is 4.94. The Kier molecular flexibility index (Phi) is 5.11. The zero-order chi connectivity index (χ0) is 19.7. The lowest BCUT2D eigenvalue weighted by molar-refractivity contribution is 0.0594. The number of hydrogen-bond acceptors (Lipinski definition) is 8. The molecule has 0 spiro atoms. The summed E-state index contributed by atoms with van der Waals surface area (Å²) in [5.41, 5.74) is 0.733. The number of carbonyl (C=O) groups is 1. The van der Waals surface area contributed by atoms with Crippen LogP contribution in [0.3, 0.4) is 0 Å². The van der Waals surface area contributed by atoms with Gasteiger partial charge in [0, 0.05) is 12.1 Å². The minimum Gasteiger partial charge on any atom is -0.464 e. The van der Waals surface area contributed by atoms with E-state index in [1.54, 1.807) is 18.2 Å². The number of esters is 1. The molecule has 2 N–H and O–H groups in total. The molecule has 2 aromatic rings. The first kappa shape index (κ1) is 18.6. The van der Waals surface area contributed by atoms with Crippen LogP contribution in [0.1, 0.15) is 50.0 Å². The van der Waals surface area contributed by atoms with Crippen LogP contribution in [0.4, 0.5) is 11.9 Å². The van der Waals surface area contributed by atoms with Gasteiger partial charge in [0.2, 0.25) is 11.9 Å². The van der Waals surface area contributed by atoms with Crippen LogP contribution in [0.15, 0.2) is 18.2 Å². The number of aromatic nitrogens is 4. The SMILES string of the molecule is COC(=O)c1cccc(-c2nc(N[C@H](C)C3CC3)nc(N[C@H](C)C3CC3)n2)n1. The number of pyridine rings is 1. The number of nitrogens with one attached hydrogen (secondary N) is 2. The molecule has 148 valence electrons. The van der Waals surface area contributed by atoms with E-state index in [0.29, 0.717) is 47.3 Å². The zero-order valence-electron chi connectivity index (χ0n) is 16.5. The molecular weight excluding hydrogens is 356 g/mol. The molecule has 8 heteroatoms. The zero-order valence-corrected chi connectivity index (χ0v) is 16.5. The summed E-state index contributed by atoms with van der Waals surface area (Å²) in [4.78, 5) is 29.9. The van der Waals surface area contributed by atoms with Crippen molar-refractivity contribution in [2.45, 2.75) is 51.6 Å². The summed E-state index contributed by atoms with van der Waals surface area (Å²) in [6.45, 7) is 4.30. The molecule has 28 heavy (non-hydrogen) atoms. The monoisotopic (exact) mass is 382 g/mol. The van der Waals surface area contributed by atoms with Crippen molar-refractivity contribution in [2.75, 3.05) is 17.7 Å². The summed E-state index contributed by atoms with van der Waals surface area (Å²) >= 11 is 0. The molecule has 0 aromatic carbocycles. The van der Waals surface area contributed by atoms with Gasteiger partial charge in [0.1, 0.15) is 11.4 Å². The lowest BCUT2D eigenvalue weighted by atomic mass is 10.2. The highest BCUT2D eigenvalue weighted by Gasteiger charge is 2.30. The Labute approximate surface area is 164 Å². The Morgan fingerprint density at radius 1 is 0.964 bits per heavy atom. The van der Waals surface area contributed by atoms with E-state index in [0.717, 1.165) is 0 Å². The smallest absolute Gasteiger partial charge is 0.356 e. The van der Waals surface area contributed by atoms with Gasteiger partial charge < -0.3 is 15.4 Å². The molecule has 4 rings (SSSR count). The van der Waals surface area contributed by atoms with Gasteiger partial charge in [-0.15, -0.1) is 0 Å². The van der Waals surface area contributed by atoms with Gasteiger partial charge >= 0.3 is 5.97 Å². The van der Waals surface area contributed by atoms with Gasteiger partial charge in [-0.2, -0.15) is 15.0 Å². The van der Waals surface area contributed by atoms with Crippen molar-refractivity contribution in [1.82, 2.24) is 19.9 Å². The normalized spacial score (nSPS) is 18.2. The molecule has 2 aliphatic rings. The van der Waals surface area contributed by atoms with E-state index < -0.39 is 5.97 Å². The molecule has 2 heterocycles. The van der Waals surface area contributed by atoms with Crippen LogP contribution in [-0.2, 0) is 4.74 Å². The number of carbonyl (C=O) groups excluding carboxylic acids is 1. The minimum atomic E-state index is -0.489. The molecule has 2 aliphatic carbocycles. The van der Waals surface area contributed by atoms with E-state index in [1.165, 1.54) is 32.8 Å². The van der Waals surface area contributed by atoms with Crippen LogP contribution in [0, 0.1) is 11.8 Å². The van der Waals surface area contributed by atoms with E-state index in [4.69, 9.17) is 4.74 Å². The number of anilines is 2. The van der Waals surface area contributed by atoms with E-state index >= 15 is 0 Å². The second-order valence-electron chi connectivity index (χ2n) is 7.75. The van der Waals surface area contributed by atoms with Gasteiger partial charge in [-0.1, -0.05) is 6.07 Å². The molecule has 0 amide bonds. The summed E-state index contributed by atoms with van der Waals surface area (Å²) < 4.78 is 4.77. The van der Waals surface area contributed by atoms with Crippen LogP contribution in [0.5, 0.6) is 0 Å².